The maximum Gasteiger partial charge on any atom is 0.227 e. The largest absolute Gasteiger partial charge is 0.436 e. The minimum Gasteiger partial charge on any atom is -0.436 e. The van der Waals surface area contributed by atoms with Gasteiger partial charge in [-0.05, 0) is 42.7 Å². The van der Waals surface area contributed by atoms with Gasteiger partial charge in [-0.3, -0.25) is 0 Å². The Morgan fingerprint density at radius 2 is 1.83 bits per heavy atom. The van der Waals surface area contributed by atoms with Crippen LogP contribution in [-0.4, -0.2) is 22.3 Å². The summed E-state index contributed by atoms with van der Waals surface area (Å²) in [5, 5.41) is 9.96. The molecule has 0 aliphatic heterocycles. The Morgan fingerprint density at radius 1 is 1.04 bits per heavy atom. The highest BCUT2D eigenvalue weighted by molar-refractivity contribution is 5.75. The lowest BCUT2D eigenvalue weighted by molar-refractivity contribution is -0.0661. The van der Waals surface area contributed by atoms with Gasteiger partial charge in [0.05, 0.1) is 18.8 Å². The van der Waals surface area contributed by atoms with E-state index in [0.29, 0.717) is 12.5 Å². The minimum atomic E-state index is -0.322. The van der Waals surface area contributed by atoms with Crippen LogP contribution in [0.2, 0.25) is 0 Å². The third-order valence-electron chi connectivity index (χ3n) is 4.63. The van der Waals surface area contributed by atoms with Crippen LogP contribution in [0.5, 0.6) is 0 Å². The fourth-order valence-corrected chi connectivity index (χ4v) is 3.21. The van der Waals surface area contributed by atoms with Crippen molar-refractivity contribution in [1.82, 2.24) is 4.98 Å². The van der Waals surface area contributed by atoms with Gasteiger partial charge in [0.2, 0.25) is 5.89 Å². The van der Waals surface area contributed by atoms with Gasteiger partial charge in [0.15, 0.2) is 5.58 Å². The van der Waals surface area contributed by atoms with Crippen molar-refractivity contribution in [3.63, 3.8) is 0 Å². The average molecular weight is 323 g/mol. The van der Waals surface area contributed by atoms with Gasteiger partial charge in [-0.25, -0.2) is 4.98 Å². The van der Waals surface area contributed by atoms with Crippen LogP contribution in [-0.2, 0) is 11.3 Å². The molecule has 0 unspecified atom stereocenters. The van der Waals surface area contributed by atoms with E-state index in [2.05, 4.69) is 4.98 Å². The zero-order valence-corrected chi connectivity index (χ0v) is 13.5. The molecule has 4 heteroatoms. The van der Waals surface area contributed by atoms with Crippen molar-refractivity contribution in [2.45, 2.75) is 44.5 Å². The van der Waals surface area contributed by atoms with Gasteiger partial charge < -0.3 is 14.3 Å². The molecule has 0 radical (unpaired) electrons. The number of ether oxygens (including phenoxy) is 1. The van der Waals surface area contributed by atoms with Crippen LogP contribution in [0.25, 0.3) is 22.6 Å². The molecule has 1 aliphatic carbocycles. The fourth-order valence-electron chi connectivity index (χ4n) is 3.21. The van der Waals surface area contributed by atoms with Crippen LogP contribution < -0.4 is 0 Å². The van der Waals surface area contributed by atoms with Gasteiger partial charge in [0.25, 0.3) is 0 Å². The minimum absolute atomic E-state index is 0.0320. The molecule has 124 valence electrons. The van der Waals surface area contributed by atoms with Crippen molar-refractivity contribution in [2.75, 3.05) is 0 Å². The lowest BCUT2D eigenvalue weighted by Crippen LogP contribution is -2.32. The molecule has 4 rings (SSSR count). The summed E-state index contributed by atoms with van der Waals surface area (Å²) in [4.78, 5) is 4.51. The van der Waals surface area contributed by atoms with Gasteiger partial charge in [-0.2, -0.15) is 0 Å². The molecule has 1 aromatic heterocycles. The first-order chi connectivity index (χ1) is 11.8. The van der Waals surface area contributed by atoms with Crippen molar-refractivity contribution in [3.8, 4) is 11.5 Å². The number of benzene rings is 2. The maximum absolute atomic E-state index is 9.96. The summed E-state index contributed by atoms with van der Waals surface area (Å²) in [5.41, 5.74) is 3.71. The first-order valence-corrected chi connectivity index (χ1v) is 8.54. The van der Waals surface area contributed by atoms with Crippen LogP contribution in [0.1, 0.15) is 31.2 Å². The van der Waals surface area contributed by atoms with Crippen LogP contribution in [0, 0.1) is 0 Å². The lowest BCUT2D eigenvalue weighted by Gasteiger charge is -2.27. The van der Waals surface area contributed by atoms with E-state index in [-0.39, 0.29) is 12.2 Å². The molecule has 0 bridgehead atoms. The van der Waals surface area contributed by atoms with E-state index in [0.717, 1.165) is 47.9 Å². The van der Waals surface area contributed by atoms with E-state index >= 15 is 0 Å². The molecule has 2 aromatic carbocycles. The summed E-state index contributed by atoms with van der Waals surface area (Å²) in [6, 6.07) is 15.8. The number of hydrogen-bond acceptors (Lipinski definition) is 4. The van der Waals surface area contributed by atoms with E-state index in [9.17, 15) is 5.11 Å². The Balaban J connectivity index is 1.44. The number of aliphatic hydroxyl groups is 1. The fraction of sp³-hybridized carbons (Fsp3) is 0.350. The predicted octanol–water partition coefficient (Wildman–Crippen LogP) is 4.31. The SMILES string of the molecule is O[C@H]1CCCC[C@@H]1OCc1ccc(-c2nc3ccccc3o2)cc1. The molecular formula is C20H21NO3. The van der Waals surface area contributed by atoms with Crippen molar-refractivity contribution < 1.29 is 14.3 Å². The Labute approximate surface area is 141 Å². The molecule has 3 aromatic rings. The predicted molar refractivity (Wildman–Crippen MR) is 92.5 cm³/mol. The van der Waals surface area contributed by atoms with E-state index in [1.165, 1.54) is 0 Å². The summed E-state index contributed by atoms with van der Waals surface area (Å²) in [6.45, 7) is 0.523. The lowest BCUT2D eigenvalue weighted by atomic mass is 9.95. The second kappa shape index (κ2) is 6.75. The van der Waals surface area contributed by atoms with Crippen LogP contribution in [0.4, 0.5) is 0 Å². The molecule has 0 spiro atoms. The maximum atomic E-state index is 9.96. The second-order valence-electron chi connectivity index (χ2n) is 6.38. The van der Waals surface area contributed by atoms with Gasteiger partial charge in [-0.15, -0.1) is 0 Å². The average Bonchev–Trinajstić information content (AvgIpc) is 3.06. The van der Waals surface area contributed by atoms with Gasteiger partial charge in [0, 0.05) is 5.56 Å². The third kappa shape index (κ3) is 3.21. The Morgan fingerprint density at radius 3 is 2.62 bits per heavy atom. The number of oxazole rings is 1. The molecule has 2 atom stereocenters. The normalized spacial score (nSPS) is 21.2. The molecule has 1 fully saturated rings. The molecule has 1 aliphatic rings. The van der Waals surface area contributed by atoms with E-state index in [1.54, 1.807) is 0 Å². The van der Waals surface area contributed by atoms with Crippen molar-refractivity contribution >= 4 is 11.1 Å². The van der Waals surface area contributed by atoms with Crippen LogP contribution >= 0.6 is 0 Å². The zero-order valence-electron chi connectivity index (χ0n) is 13.5. The monoisotopic (exact) mass is 323 g/mol. The third-order valence-corrected chi connectivity index (χ3v) is 4.63. The number of aromatic nitrogens is 1. The molecule has 4 nitrogen and oxygen atoms in total. The van der Waals surface area contributed by atoms with E-state index < -0.39 is 0 Å². The number of hydrogen-bond donors (Lipinski definition) is 1. The number of para-hydroxylation sites is 2. The highest BCUT2D eigenvalue weighted by Gasteiger charge is 2.23. The zero-order chi connectivity index (χ0) is 16.4. The molecule has 0 amide bonds. The summed E-state index contributed by atoms with van der Waals surface area (Å²) in [5.74, 6) is 0.631. The number of nitrogens with zero attached hydrogens (tertiary/aromatic N) is 1. The molecule has 1 N–H and O–H groups in total. The first-order valence-electron chi connectivity index (χ1n) is 8.54. The smallest absolute Gasteiger partial charge is 0.227 e. The summed E-state index contributed by atoms with van der Waals surface area (Å²) >= 11 is 0. The number of fused-ring (bicyclic) bond motifs is 1. The van der Waals surface area contributed by atoms with Crippen LogP contribution in [0.15, 0.2) is 52.9 Å². The molecular weight excluding hydrogens is 302 g/mol. The Bertz CT molecular complexity index is 776. The summed E-state index contributed by atoms with van der Waals surface area (Å²) < 4.78 is 11.7. The topological polar surface area (TPSA) is 55.5 Å². The van der Waals surface area contributed by atoms with Crippen molar-refractivity contribution in [3.05, 3.63) is 54.1 Å². The second-order valence-corrected chi connectivity index (χ2v) is 6.38. The van der Waals surface area contributed by atoms with Gasteiger partial charge >= 0.3 is 0 Å². The van der Waals surface area contributed by atoms with Crippen molar-refractivity contribution in [2.24, 2.45) is 0 Å². The molecule has 0 saturated heterocycles. The van der Waals surface area contributed by atoms with Gasteiger partial charge in [0.1, 0.15) is 5.52 Å². The summed E-state index contributed by atoms with van der Waals surface area (Å²) in [6.07, 6.45) is 3.68. The molecule has 24 heavy (non-hydrogen) atoms. The Hall–Kier alpha value is -2.17. The standard InChI is InChI=1S/C20H21NO3/c22-17-6-2-4-8-19(17)23-13-14-9-11-15(12-10-14)20-21-16-5-1-3-7-18(16)24-20/h1,3,5,7,9-12,17,19,22H,2,4,6,8,13H2/t17-,19-/m0/s1. The number of aliphatic hydroxyl groups excluding tert-OH is 1. The Kier molecular flexibility index (Phi) is 4.32. The van der Waals surface area contributed by atoms with Crippen molar-refractivity contribution in [1.29, 1.82) is 0 Å². The molecule has 1 saturated carbocycles. The molecule has 1 heterocycles. The van der Waals surface area contributed by atoms with Gasteiger partial charge in [-0.1, -0.05) is 37.1 Å². The summed E-state index contributed by atoms with van der Waals surface area (Å²) in [7, 11) is 0. The highest BCUT2D eigenvalue weighted by Crippen LogP contribution is 2.25. The van der Waals surface area contributed by atoms with E-state index in [4.69, 9.17) is 9.15 Å². The van der Waals surface area contributed by atoms with E-state index in [1.807, 2.05) is 48.5 Å². The first kappa shape index (κ1) is 15.4. The van der Waals surface area contributed by atoms with Crippen LogP contribution in [0.3, 0.4) is 0 Å². The number of rotatable bonds is 4. The quantitative estimate of drug-likeness (QED) is 0.777. The highest BCUT2D eigenvalue weighted by atomic mass is 16.5.